The van der Waals surface area contributed by atoms with E-state index < -0.39 is 146 Å². The van der Waals surface area contributed by atoms with Crippen LogP contribution < -0.4 is 37.5 Å². The number of rotatable bonds is 30. The summed E-state index contributed by atoms with van der Waals surface area (Å²) in [6.07, 6.45) is -6.68. The molecule has 1 unspecified atom stereocenters. The van der Waals surface area contributed by atoms with Crippen LogP contribution in [0, 0.1) is 24.6 Å². The number of pyridine rings is 2. The number of aryl methyl sites for hydroxylation is 1. The van der Waals surface area contributed by atoms with Gasteiger partial charge in [0.15, 0.2) is 5.60 Å². The van der Waals surface area contributed by atoms with Gasteiger partial charge < -0.3 is 76.6 Å². The molecule has 466 valence electrons. The molecule has 12 N–H and O–H groups in total. The number of ether oxygens (including phenoxy) is 2. The minimum absolute atomic E-state index is 0.0454. The largest absolute Gasteiger partial charge is 0.458 e. The summed E-state index contributed by atoms with van der Waals surface area (Å²) in [5.41, 5.74) is 0.880. The third-order valence-corrected chi connectivity index (χ3v) is 15.7. The molecule has 85 heavy (non-hydrogen) atoms. The molecular weight excluding hydrogens is 1120 g/mol. The number of nitrogens with zero attached hydrogens (tertiary/aromatic N) is 3. The van der Waals surface area contributed by atoms with Crippen LogP contribution in [0.15, 0.2) is 16.9 Å². The monoisotopic (exact) mass is 1200 g/mol. The Balaban J connectivity index is 1.02. The minimum Gasteiger partial charge on any atom is -0.458 e. The number of benzene rings is 1. The highest BCUT2D eigenvalue weighted by Gasteiger charge is 2.46. The molecule has 8 amide bonds. The van der Waals surface area contributed by atoms with Crippen LogP contribution in [0.5, 0.6) is 0 Å². The minimum atomic E-state index is -2.04. The second-order valence-corrected chi connectivity index (χ2v) is 22.1. The normalized spacial score (nSPS) is 18.7. The number of halogens is 1. The summed E-state index contributed by atoms with van der Waals surface area (Å²) >= 11 is 0. The molecule has 0 aliphatic carbocycles. The number of aliphatic hydroxyl groups excluding tert-OH is 5. The van der Waals surface area contributed by atoms with Crippen molar-refractivity contribution in [1.29, 1.82) is 0 Å². The maximum absolute atomic E-state index is 15.7. The van der Waals surface area contributed by atoms with Gasteiger partial charge in [-0.2, -0.15) is 0 Å². The van der Waals surface area contributed by atoms with Gasteiger partial charge in [-0.15, -0.1) is 0 Å². The number of unbranched alkanes of at least 4 members (excludes halogenated alkanes) is 2. The molecule has 1 aromatic carbocycles. The standard InChI is InChI=1S/C57H78FN9O18/c1-8-31-33-22-67-39(18-35-34(55(67)81)24-85-56(82)57(35,83)9-2)48(33)64-38-19-36(58)29(6)32(46(31)38)20-59-44(73)25-84-26-61-51(77)30(7)62-53(79)47(27(3)4)65-52(78)37(14-15-42(71)60-21-40(69)49(75)50(76)41(70)23-68)63-43(72)13-11-10-12-16-66-45(74)17-28(5)54(66)80/h18-19,27-28,30,37,40-41,47,49-50,68-70,75-76,83H,8-17,20-26H2,1-7H3,(H,59,73)(H,60,71)(H,61,77)(H,62,79)(H,63,72)(H,65,78)/t28?,30-,37-,40-,41+,47-,49+,50+,57-/m0/s1. The Hall–Kier alpha value is -7.34. The van der Waals surface area contributed by atoms with E-state index in [2.05, 4.69) is 31.9 Å². The van der Waals surface area contributed by atoms with Gasteiger partial charge in [-0.1, -0.05) is 41.0 Å². The number of esters is 1. The molecule has 5 heterocycles. The van der Waals surface area contributed by atoms with Gasteiger partial charge in [0.05, 0.1) is 41.7 Å². The fraction of sp³-hybridized carbons (Fsp3) is 0.596. The molecule has 2 aromatic heterocycles. The number of nitrogens with one attached hydrogen (secondary N) is 6. The number of hydrogen-bond donors (Lipinski definition) is 12. The molecule has 0 spiro atoms. The van der Waals surface area contributed by atoms with Gasteiger partial charge in [-0.3, -0.25) is 48.1 Å². The number of carbonyl (C=O) groups is 9. The zero-order valence-electron chi connectivity index (χ0n) is 48.7. The second kappa shape index (κ2) is 29.2. The van der Waals surface area contributed by atoms with Crippen molar-refractivity contribution in [3.8, 4) is 11.4 Å². The van der Waals surface area contributed by atoms with Crippen LogP contribution in [0.25, 0.3) is 22.3 Å². The summed E-state index contributed by atoms with van der Waals surface area (Å²) in [6.45, 7) is 8.49. The molecule has 1 saturated heterocycles. The lowest BCUT2D eigenvalue weighted by atomic mass is 9.86. The highest BCUT2D eigenvalue weighted by molar-refractivity contribution is 6.03. The number of fused-ring (bicyclic) bond motifs is 5. The van der Waals surface area contributed by atoms with Gasteiger partial charge in [-0.25, -0.2) is 14.2 Å². The molecule has 28 heteroatoms. The van der Waals surface area contributed by atoms with Crippen molar-refractivity contribution in [1.82, 2.24) is 46.4 Å². The van der Waals surface area contributed by atoms with E-state index >= 15 is 4.39 Å². The van der Waals surface area contributed by atoms with Crippen molar-refractivity contribution >= 4 is 64.1 Å². The number of carbonyl (C=O) groups excluding carboxylic acids is 9. The fourth-order valence-electron chi connectivity index (χ4n) is 10.5. The number of aliphatic hydroxyl groups is 6. The molecule has 6 rings (SSSR count). The van der Waals surface area contributed by atoms with Crippen LogP contribution in [0.3, 0.4) is 0 Å². The number of cyclic esters (lactones) is 1. The van der Waals surface area contributed by atoms with Gasteiger partial charge in [0.1, 0.15) is 62.2 Å². The highest BCUT2D eigenvalue weighted by atomic mass is 19.1. The smallest absolute Gasteiger partial charge is 0.343 e. The van der Waals surface area contributed by atoms with Gasteiger partial charge in [0.2, 0.25) is 47.3 Å². The Morgan fingerprint density at radius 2 is 1.55 bits per heavy atom. The molecular formula is C57H78FN9O18. The molecule has 3 aromatic rings. The number of likely N-dealkylation sites (tertiary alicyclic amines) is 1. The summed E-state index contributed by atoms with van der Waals surface area (Å²) in [7, 11) is 0. The average molecular weight is 1200 g/mol. The summed E-state index contributed by atoms with van der Waals surface area (Å²) in [4.78, 5) is 137. The van der Waals surface area contributed by atoms with Crippen LogP contribution in [0.4, 0.5) is 4.39 Å². The zero-order chi connectivity index (χ0) is 62.8. The van der Waals surface area contributed by atoms with E-state index in [1.165, 1.54) is 22.5 Å². The molecule has 1 fully saturated rings. The van der Waals surface area contributed by atoms with E-state index in [0.29, 0.717) is 53.6 Å². The van der Waals surface area contributed by atoms with Gasteiger partial charge in [0.25, 0.3) is 5.56 Å². The molecule has 0 saturated carbocycles. The maximum Gasteiger partial charge on any atom is 0.343 e. The van der Waals surface area contributed by atoms with Crippen LogP contribution in [-0.2, 0) is 84.3 Å². The van der Waals surface area contributed by atoms with Crippen molar-refractivity contribution < 1.29 is 87.7 Å². The van der Waals surface area contributed by atoms with E-state index in [0.717, 1.165) is 5.56 Å². The summed E-state index contributed by atoms with van der Waals surface area (Å²) in [5.74, 6) is -7.45. The first kappa shape index (κ1) is 66.8. The summed E-state index contributed by atoms with van der Waals surface area (Å²) in [5, 5.41) is 76.0. The van der Waals surface area contributed by atoms with Gasteiger partial charge >= 0.3 is 5.97 Å². The summed E-state index contributed by atoms with van der Waals surface area (Å²) in [6, 6.07) is -1.10. The first-order valence-corrected chi connectivity index (χ1v) is 28.5. The first-order valence-electron chi connectivity index (χ1n) is 28.5. The van der Waals surface area contributed by atoms with E-state index in [1.54, 1.807) is 40.7 Å². The Labute approximate surface area is 488 Å². The highest BCUT2D eigenvalue weighted by Crippen LogP contribution is 2.41. The Morgan fingerprint density at radius 3 is 2.20 bits per heavy atom. The molecule has 3 aliphatic rings. The lowest BCUT2D eigenvalue weighted by molar-refractivity contribution is -0.172. The van der Waals surface area contributed by atoms with Crippen LogP contribution in [-0.4, -0.2) is 174 Å². The van der Waals surface area contributed by atoms with E-state index in [4.69, 9.17) is 19.6 Å². The molecule has 3 aliphatic heterocycles. The van der Waals surface area contributed by atoms with E-state index in [1.807, 2.05) is 6.92 Å². The van der Waals surface area contributed by atoms with Crippen molar-refractivity contribution in [2.75, 3.05) is 33.0 Å². The number of hydrogen-bond acceptors (Lipinski definition) is 19. The van der Waals surface area contributed by atoms with Crippen LogP contribution in [0.2, 0.25) is 0 Å². The lowest BCUT2D eigenvalue weighted by Crippen LogP contribution is -2.58. The lowest BCUT2D eigenvalue weighted by Gasteiger charge is -2.31. The van der Waals surface area contributed by atoms with Crippen molar-refractivity contribution in [2.24, 2.45) is 11.8 Å². The Kier molecular flexibility index (Phi) is 22.9. The summed E-state index contributed by atoms with van der Waals surface area (Å²) < 4.78 is 27.8. The number of amides is 8. The average Bonchev–Trinajstić information content (AvgIpc) is 1.72. The zero-order valence-corrected chi connectivity index (χ0v) is 48.7. The first-order chi connectivity index (χ1) is 40.2. The third kappa shape index (κ3) is 15.4. The molecule has 9 atom stereocenters. The molecule has 0 bridgehead atoms. The van der Waals surface area contributed by atoms with Crippen molar-refractivity contribution in [2.45, 2.75) is 174 Å². The second-order valence-electron chi connectivity index (χ2n) is 22.1. The maximum atomic E-state index is 15.7. The fourth-order valence-corrected chi connectivity index (χ4v) is 10.5. The van der Waals surface area contributed by atoms with Crippen LogP contribution in [0.1, 0.15) is 126 Å². The Morgan fingerprint density at radius 1 is 0.847 bits per heavy atom. The van der Waals surface area contributed by atoms with E-state index in [9.17, 15) is 73.5 Å². The predicted molar refractivity (Wildman–Crippen MR) is 298 cm³/mol. The quantitative estimate of drug-likeness (QED) is 0.0119. The van der Waals surface area contributed by atoms with Gasteiger partial charge in [-0.05, 0) is 74.6 Å². The van der Waals surface area contributed by atoms with Crippen molar-refractivity contribution in [3.05, 3.63) is 61.7 Å². The number of imide groups is 1. The Bertz CT molecular complexity index is 3120. The van der Waals surface area contributed by atoms with Crippen molar-refractivity contribution in [3.63, 3.8) is 0 Å². The SMILES string of the molecule is CCc1c2c(nc3cc(F)c(C)c(CNC(=O)COCNC(=O)[C@H](C)NC(=O)[C@@H](NC(=O)[C@H](CCC(=O)NC[C@H](O)[C@@H](O)[C@H](O)[C@H](O)CO)NC(=O)CCCCCN4C(=O)CC(C)C4=O)C(C)C)c13)-c1cc3c(c(=O)n1C2)COC(=O)[C@]3(O)CC. The van der Waals surface area contributed by atoms with Gasteiger partial charge in [0, 0.05) is 67.4 Å². The van der Waals surface area contributed by atoms with Crippen LogP contribution >= 0.6 is 0 Å². The molecule has 27 nitrogen and oxygen atoms in total. The predicted octanol–water partition coefficient (Wildman–Crippen LogP) is -1.79. The van der Waals surface area contributed by atoms with E-state index in [-0.39, 0.29) is 85.9 Å². The third-order valence-electron chi connectivity index (χ3n) is 15.7. The topological polar surface area (TPSA) is 404 Å². The number of aromatic nitrogens is 2. The molecule has 0 radical (unpaired) electrons.